The summed E-state index contributed by atoms with van der Waals surface area (Å²) in [5.74, 6) is 1.67. The normalized spacial score (nSPS) is 9.53. The van der Waals surface area contributed by atoms with Crippen LogP contribution in [0.25, 0.3) is 0 Å². The first-order valence-corrected chi connectivity index (χ1v) is 4.57. The average molecular weight is 206 g/mol. The number of benzene rings is 1. The molecule has 0 saturated carbocycles. The second kappa shape index (κ2) is 4.64. The average Bonchev–Trinajstić information content (AvgIpc) is 2.16. The van der Waals surface area contributed by atoms with Gasteiger partial charge in [-0.1, -0.05) is 6.58 Å². The van der Waals surface area contributed by atoms with Crippen LogP contribution in [0.2, 0.25) is 0 Å². The molecule has 0 radical (unpaired) electrons. The molecule has 0 heterocycles. The van der Waals surface area contributed by atoms with Crippen molar-refractivity contribution in [1.82, 2.24) is 0 Å². The highest BCUT2D eigenvalue weighted by molar-refractivity contribution is 5.97. The molecule has 0 amide bonds. The third kappa shape index (κ3) is 2.84. The van der Waals surface area contributed by atoms with Gasteiger partial charge in [-0.05, 0) is 32.0 Å². The minimum absolute atomic E-state index is 0.0565. The van der Waals surface area contributed by atoms with Crippen LogP contribution in [-0.2, 0) is 0 Å². The van der Waals surface area contributed by atoms with E-state index in [2.05, 4.69) is 6.58 Å². The lowest BCUT2D eigenvalue weighted by Crippen LogP contribution is -1.98. The van der Waals surface area contributed by atoms with Crippen molar-refractivity contribution in [2.24, 2.45) is 0 Å². The Kier molecular flexibility index (Phi) is 3.50. The van der Waals surface area contributed by atoms with E-state index in [0.717, 1.165) is 0 Å². The largest absolute Gasteiger partial charge is 0.496 e. The summed E-state index contributed by atoms with van der Waals surface area (Å²) in [6.07, 6.45) is 0. The maximum absolute atomic E-state index is 11.3. The summed E-state index contributed by atoms with van der Waals surface area (Å²) in [6.45, 7) is 6.87. The van der Waals surface area contributed by atoms with Crippen LogP contribution in [0.5, 0.6) is 11.5 Å². The summed E-state index contributed by atoms with van der Waals surface area (Å²) >= 11 is 0. The zero-order chi connectivity index (χ0) is 11.4. The fraction of sp³-hybridized carbons (Fsp3) is 0.250. The van der Waals surface area contributed by atoms with Crippen LogP contribution in [0, 0.1) is 0 Å². The fourth-order valence-corrected chi connectivity index (χ4v) is 1.23. The number of ether oxygens (including phenoxy) is 2. The molecular weight excluding hydrogens is 192 g/mol. The molecular formula is C12H14O3. The summed E-state index contributed by atoms with van der Waals surface area (Å²) in [5, 5.41) is 0. The van der Waals surface area contributed by atoms with Crippen molar-refractivity contribution in [2.75, 3.05) is 7.11 Å². The summed E-state index contributed by atoms with van der Waals surface area (Å²) in [7, 11) is 1.53. The van der Waals surface area contributed by atoms with Gasteiger partial charge in [-0.15, -0.1) is 0 Å². The summed E-state index contributed by atoms with van der Waals surface area (Å²) in [5.41, 5.74) is 0.510. The van der Waals surface area contributed by atoms with Gasteiger partial charge >= 0.3 is 0 Å². The van der Waals surface area contributed by atoms with Gasteiger partial charge in [0.25, 0.3) is 0 Å². The minimum Gasteiger partial charge on any atom is -0.496 e. The highest BCUT2D eigenvalue weighted by atomic mass is 16.5. The summed E-state index contributed by atoms with van der Waals surface area (Å²) in [6, 6.07) is 5.09. The number of hydrogen-bond donors (Lipinski definition) is 0. The predicted octanol–water partition coefficient (Wildman–Crippen LogP) is 2.81. The Labute approximate surface area is 89.3 Å². The van der Waals surface area contributed by atoms with Gasteiger partial charge in [0, 0.05) is 0 Å². The van der Waals surface area contributed by atoms with Crippen LogP contribution in [0.3, 0.4) is 0 Å². The Balaban J connectivity index is 3.10. The van der Waals surface area contributed by atoms with Gasteiger partial charge in [0.05, 0.1) is 18.4 Å². The van der Waals surface area contributed by atoms with Gasteiger partial charge in [-0.2, -0.15) is 0 Å². The van der Waals surface area contributed by atoms with Crippen LogP contribution < -0.4 is 9.47 Å². The smallest absolute Gasteiger partial charge is 0.163 e. The monoisotopic (exact) mass is 206 g/mol. The van der Waals surface area contributed by atoms with Gasteiger partial charge < -0.3 is 9.47 Å². The molecule has 3 heteroatoms. The first-order chi connectivity index (χ1) is 7.04. The number of allylic oxidation sites excluding steroid dienone is 1. The molecule has 0 unspecified atom stereocenters. The molecule has 0 atom stereocenters. The third-order valence-corrected chi connectivity index (χ3v) is 1.84. The van der Waals surface area contributed by atoms with Crippen molar-refractivity contribution in [2.45, 2.75) is 13.8 Å². The van der Waals surface area contributed by atoms with Crippen molar-refractivity contribution in [3.05, 3.63) is 36.1 Å². The molecule has 1 aromatic carbocycles. The molecule has 0 aliphatic heterocycles. The van der Waals surface area contributed by atoms with Crippen molar-refractivity contribution < 1.29 is 14.3 Å². The van der Waals surface area contributed by atoms with Crippen LogP contribution in [0.1, 0.15) is 24.2 Å². The van der Waals surface area contributed by atoms with E-state index in [1.807, 2.05) is 0 Å². The van der Waals surface area contributed by atoms with Gasteiger partial charge in [0.1, 0.15) is 11.5 Å². The fourth-order valence-electron chi connectivity index (χ4n) is 1.23. The van der Waals surface area contributed by atoms with Crippen LogP contribution in [-0.4, -0.2) is 12.9 Å². The molecule has 15 heavy (non-hydrogen) atoms. The summed E-state index contributed by atoms with van der Waals surface area (Å²) < 4.78 is 10.4. The van der Waals surface area contributed by atoms with Crippen molar-refractivity contribution in [3.8, 4) is 11.5 Å². The molecule has 0 spiro atoms. The van der Waals surface area contributed by atoms with Gasteiger partial charge in [-0.25, -0.2) is 0 Å². The number of hydrogen-bond acceptors (Lipinski definition) is 3. The standard InChI is InChI=1S/C12H14O3/c1-8(2)15-10-5-6-12(14-4)11(7-10)9(3)13/h5-7H,1H2,2-4H3. The molecule has 0 fully saturated rings. The molecule has 80 valence electrons. The molecule has 0 aromatic heterocycles. The predicted molar refractivity (Wildman–Crippen MR) is 58.4 cm³/mol. The van der Waals surface area contributed by atoms with Gasteiger partial charge in [-0.3, -0.25) is 4.79 Å². The van der Waals surface area contributed by atoms with E-state index in [0.29, 0.717) is 22.8 Å². The molecule has 1 rings (SSSR count). The minimum atomic E-state index is -0.0565. The van der Waals surface area contributed by atoms with Crippen LogP contribution in [0.4, 0.5) is 0 Å². The van der Waals surface area contributed by atoms with Crippen molar-refractivity contribution in [1.29, 1.82) is 0 Å². The van der Waals surface area contributed by atoms with E-state index in [-0.39, 0.29) is 5.78 Å². The Bertz CT molecular complexity index is 394. The number of rotatable bonds is 4. The number of methoxy groups -OCH3 is 1. The lowest BCUT2D eigenvalue weighted by molar-refractivity contribution is 0.101. The quantitative estimate of drug-likeness (QED) is 0.561. The Morgan fingerprint density at radius 1 is 1.33 bits per heavy atom. The van der Waals surface area contributed by atoms with Gasteiger partial charge in [0.2, 0.25) is 0 Å². The Morgan fingerprint density at radius 3 is 2.47 bits per heavy atom. The van der Waals surface area contributed by atoms with Crippen LogP contribution in [0.15, 0.2) is 30.5 Å². The van der Waals surface area contributed by atoms with Crippen LogP contribution >= 0.6 is 0 Å². The molecule has 0 N–H and O–H groups in total. The second-order valence-corrected chi connectivity index (χ2v) is 3.22. The molecule has 0 aliphatic rings. The number of Topliss-reactive ketones (excluding diaryl/α,β-unsaturated/α-hetero) is 1. The highest BCUT2D eigenvalue weighted by Crippen LogP contribution is 2.25. The van der Waals surface area contributed by atoms with E-state index < -0.39 is 0 Å². The van der Waals surface area contributed by atoms with Gasteiger partial charge in [0.15, 0.2) is 5.78 Å². The summed E-state index contributed by atoms with van der Waals surface area (Å²) in [4.78, 5) is 11.3. The third-order valence-electron chi connectivity index (χ3n) is 1.84. The SMILES string of the molecule is C=C(C)Oc1ccc(OC)c(C(C)=O)c1. The molecule has 3 nitrogen and oxygen atoms in total. The topological polar surface area (TPSA) is 35.5 Å². The molecule has 0 aliphatic carbocycles. The molecule has 0 bridgehead atoms. The highest BCUT2D eigenvalue weighted by Gasteiger charge is 2.09. The van der Waals surface area contributed by atoms with E-state index in [1.54, 1.807) is 25.1 Å². The Morgan fingerprint density at radius 2 is 2.00 bits per heavy atom. The van der Waals surface area contributed by atoms with E-state index in [1.165, 1.54) is 14.0 Å². The van der Waals surface area contributed by atoms with E-state index in [9.17, 15) is 4.79 Å². The van der Waals surface area contributed by atoms with Crippen molar-refractivity contribution >= 4 is 5.78 Å². The number of carbonyl (C=O) groups is 1. The maximum atomic E-state index is 11.3. The van der Waals surface area contributed by atoms with E-state index >= 15 is 0 Å². The lowest BCUT2D eigenvalue weighted by atomic mass is 10.1. The lowest BCUT2D eigenvalue weighted by Gasteiger charge is -2.09. The zero-order valence-electron chi connectivity index (χ0n) is 9.16. The maximum Gasteiger partial charge on any atom is 0.163 e. The molecule has 1 aromatic rings. The first kappa shape index (κ1) is 11.3. The second-order valence-electron chi connectivity index (χ2n) is 3.22. The zero-order valence-corrected chi connectivity index (χ0v) is 9.16. The number of carbonyl (C=O) groups excluding carboxylic acids is 1. The molecule has 0 saturated heterocycles. The number of ketones is 1. The van der Waals surface area contributed by atoms with Crippen molar-refractivity contribution in [3.63, 3.8) is 0 Å². The first-order valence-electron chi connectivity index (χ1n) is 4.57. The van der Waals surface area contributed by atoms with E-state index in [4.69, 9.17) is 9.47 Å². The Hall–Kier alpha value is -1.77.